The largest absolute Gasteiger partial charge is 0.262 e. The van der Waals surface area contributed by atoms with Crippen molar-refractivity contribution >= 4 is 70.9 Å². The fourth-order valence-electron chi connectivity index (χ4n) is 5.38. The molecule has 6 rings (SSSR count). The minimum atomic E-state index is -0.139. The van der Waals surface area contributed by atoms with Crippen molar-refractivity contribution in [1.82, 2.24) is 0 Å². The molecule has 0 N–H and O–H groups in total. The summed E-state index contributed by atoms with van der Waals surface area (Å²) in [6.45, 7) is 23.1. The zero-order chi connectivity index (χ0) is 26.6. The summed E-state index contributed by atoms with van der Waals surface area (Å²) >= 11 is 0. The van der Waals surface area contributed by atoms with Crippen molar-refractivity contribution in [2.24, 2.45) is 0 Å². The lowest BCUT2D eigenvalue weighted by Crippen LogP contribution is -1.91. The van der Waals surface area contributed by atoms with Gasteiger partial charge in [-0.2, -0.15) is 15.8 Å². The van der Waals surface area contributed by atoms with Crippen molar-refractivity contribution in [3.05, 3.63) is 112 Å². The molecular weight excluding hydrogens is 468 g/mol. The highest BCUT2D eigenvalue weighted by atomic mass is 14.8. The number of fused-ring (bicyclic) bond motifs is 9. The molecule has 0 spiro atoms. The fourth-order valence-corrected chi connectivity index (χ4v) is 5.38. The van der Waals surface area contributed by atoms with Crippen LogP contribution in [0.3, 0.4) is 0 Å². The van der Waals surface area contributed by atoms with E-state index in [1.807, 2.05) is 42.5 Å². The van der Waals surface area contributed by atoms with Crippen LogP contribution in [0.1, 0.15) is 16.7 Å². The van der Waals surface area contributed by atoms with Crippen LogP contribution in [0.5, 0.6) is 0 Å². The first kappa shape index (κ1) is 22.1. The van der Waals surface area contributed by atoms with Crippen molar-refractivity contribution in [2.75, 3.05) is 0 Å². The van der Waals surface area contributed by atoms with Gasteiger partial charge in [-0.1, -0.05) is 42.5 Å². The Morgan fingerprint density at radius 3 is 1.74 bits per heavy atom. The van der Waals surface area contributed by atoms with E-state index in [9.17, 15) is 15.8 Å². The van der Waals surface area contributed by atoms with Gasteiger partial charge in [-0.3, -0.25) is 14.5 Å². The lowest BCUT2D eigenvalue weighted by Gasteiger charge is -2.16. The number of nitrogens with zero attached hydrogens (tertiary/aromatic N) is 6. The fraction of sp³-hybridized carbons (Fsp3) is 0. The van der Waals surface area contributed by atoms with Gasteiger partial charge in [-0.15, -0.1) is 0 Å². The van der Waals surface area contributed by atoms with Gasteiger partial charge in [-0.25, -0.2) is 0 Å². The smallest absolute Gasteiger partial charge is 0.202 e. The molecule has 6 aromatic carbocycles. The highest BCUT2D eigenvalue weighted by Crippen LogP contribution is 2.50. The third kappa shape index (κ3) is 2.75. The van der Waals surface area contributed by atoms with Crippen LogP contribution >= 0.6 is 0 Å². The van der Waals surface area contributed by atoms with E-state index >= 15 is 0 Å². The van der Waals surface area contributed by atoms with Gasteiger partial charge >= 0.3 is 0 Å². The Balaban J connectivity index is 2.03. The molecular formula is C32H10N6. The van der Waals surface area contributed by atoms with E-state index in [0.717, 1.165) is 37.7 Å². The van der Waals surface area contributed by atoms with Crippen molar-refractivity contribution in [2.45, 2.75) is 0 Å². The Hall–Kier alpha value is -6.44. The third-order valence-electron chi connectivity index (χ3n) is 6.99. The minimum absolute atomic E-state index is 0.0351. The van der Waals surface area contributed by atoms with Crippen molar-refractivity contribution in [1.29, 1.82) is 15.8 Å². The lowest BCUT2D eigenvalue weighted by atomic mass is 9.87. The average Bonchev–Trinajstić information content (AvgIpc) is 2.97. The summed E-state index contributed by atoms with van der Waals surface area (Å²) in [6, 6.07) is 25.2. The van der Waals surface area contributed by atoms with Gasteiger partial charge < -0.3 is 0 Å². The maximum absolute atomic E-state index is 10.0. The Morgan fingerprint density at radius 1 is 0.500 bits per heavy atom. The number of hydrogen-bond donors (Lipinski definition) is 0. The van der Waals surface area contributed by atoms with E-state index in [0.29, 0.717) is 16.2 Å². The van der Waals surface area contributed by atoms with Crippen LogP contribution in [0.25, 0.3) is 68.4 Å². The van der Waals surface area contributed by atoms with Gasteiger partial charge in [-0.05, 0) is 72.1 Å². The highest BCUT2D eigenvalue weighted by molar-refractivity contribution is 6.34. The maximum Gasteiger partial charge on any atom is 0.202 e. The SMILES string of the molecule is [C-]#[N+]c1c([N+]#[C-])c([N+]#[C-])c2cc3c(cc2c1C#N)c1cc(C#N)c(C#N)cc1c1ccc2ccccc2c13. The van der Waals surface area contributed by atoms with E-state index in [4.69, 9.17) is 19.7 Å². The van der Waals surface area contributed by atoms with E-state index in [1.165, 1.54) is 0 Å². The second-order valence-corrected chi connectivity index (χ2v) is 8.69. The predicted molar refractivity (Wildman–Crippen MR) is 147 cm³/mol. The highest BCUT2D eigenvalue weighted by Gasteiger charge is 2.22. The van der Waals surface area contributed by atoms with Gasteiger partial charge in [0.25, 0.3) is 0 Å². The monoisotopic (exact) mass is 478 g/mol. The molecule has 0 amide bonds. The second kappa shape index (κ2) is 8.06. The Labute approximate surface area is 216 Å². The summed E-state index contributed by atoms with van der Waals surface area (Å²) < 4.78 is 0. The summed E-state index contributed by atoms with van der Waals surface area (Å²) in [5, 5.41) is 37.0. The molecule has 0 saturated heterocycles. The zero-order valence-electron chi connectivity index (χ0n) is 19.5. The van der Waals surface area contributed by atoms with Crippen LogP contribution in [-0.4, -0.2) is 0 Å². The number of benzene rings is 6. The molecule has 0 aromatic heterocycles. The molecule has 0 aliphatic rings. The molecule has 0 radical (unpaired) electrons. The minimum Gasteiger partial charge on any atom is -0.262 e. The first-order chi connectivity index (χ1) is 18.6. The summed E-state index contributed by atoms with van der Waals surface area (Å²) in [7, 11) is 0. The van der Waals surface area contributed by atoms with Crippen LogP contribution in [0, 0.1) is 53.7 Å². The standard InChI is InChI=1S/C32H10N6/c1-36-30-27-13-26-24(12-25(27)28(16-35)31(37-2)32(30)38-3)23-11-19(15-34)18(14-33)10-22(23)21-9-8-17-6-4-5-7-20(17)29(21)26/h4-13H. The van der Waals surface area contributed by atoms with Gasteiger partial charge in [0, 0.05) is 0 Å². The first-order valence-electron chi connectivity index (χ1n) is 11.3. The number of hydrogen-bond acceptors (Lipinski definition) is 3. The van der Waals surface area contributed by atoms with Gasteiger partial charge in [0.15, 0.2) is 5.69 Å². The van der Waals surface area contributed by atoms with E-state index < -0.39 is 0 Å². The topological polar surface area (TPSA) is 84.5 Å². The molecule has 168 valence electrons. The van der Waals surface area contributed by atoms with Gasteiger partial charge in [0.2, 0.25) is 11.4 Å². The molecule has 0 saturated carbocycles. The molecule has 0 atom stereocenters. The van der Waals surface area contributed by atoms with Crippen LogP contribution < -0.4 is 0 Å². The van der Waals surface area contributed by atoms with Crippen LogP contribution in [0.15, 0.2) is 60.7 Å². The van der Waals surface area contributed by atoms with Crippen LogP contribution in [0.4, 0.5) is 17.1 Å². The van der Waals surface area contributed by atoms with Crippen LogP contribution in [-0.2, 0) is 0 Å². The van der Waals surface area contributed by atoms with Crippen molar-refractivity contribution in [3.8, 4) is 18.2 Å². The molecule has 6 nitrogen and oxygen atoms in total. The molecule has 0 aliphatic carbocycles. The zero-order valence-corrected chi connectivity index (χ0v) is 19.5. The first-order valence-corrected chi connectivity index (χ1v) is 11.3. The molecule has 0 bridgehead atoms. The molecule has 0 heterocycles. The van der Waals surface area contributed by atoms with Crippen molar-refractivity contribution < 1.29 is 0 Å². The Morgan fingerprint density at radius 2 is 1.11 bits per heavy atom. The van der Waals surface area contributed by atoms with Gasteiger partial charge in [0.05, 0.1) is 42.5 Å². The van der Waals surface area contributed by atoms with E-state index in [1.54, 1.807) is 18.2 Å². The molecule has 0 fully saturated rings. The van der Waals surface area contributed by atoms with Gasteiger partial charge in [0.1, 0.15) is 12.1 Å². The predicted octanol–water partition coefficient (Wildman–Crippen LogP) is 8.72. The molecule has 38 heavy (non-hydrogen) atoms. The van der Waals surface area contributed by atoms with Crippen LogP contribution in [0.2, 0.25) is 0 Å². The summed E-state index contributed by atoms with van der Waals surface area (Å²) in [6.07, 6.45) is 0. The molecule has 0 unspecified atom stereocenters. The molecule has 6 aromatic rings. The second-order valence-electron chi connectivity index (χ2n) is 8.69. The Kier molecular flexibility index (Phi) is 4.68. The third-order valence-corrected chi connectivity index (χ3v) is 6.99. The molecule has 6 heteroatoms. The number of rotatable bonds is 0. The quantitative estimate of drug-likeness (QED) is 0.124. The summed E-state index contributed by atoms with van der Waals surface area (Å²) in [5.74, 6) is 0. The van der Waals surface area contributed by atoms with E-state index in [2.05, 4.69) is 32.7 Å². The van der Waals surface area contributed by atoms with E-state index in [-0.39, 0.29) is 33.8 Å². The lowest BCUT2D eigenvalue weighted by molar-refractivity contribution is 1.45. The maximum atomic E-state index is 10.0. The van der Waals surface area contributed by atoms with Crippen molar-refractivity contribution in [3.63, 3.8) is 0 Å². The normalized spacial score (nSPS) is 10.5. The molecule has 0 aliphatic heterocycles. The summed E-state index contributed by atoms with van der Waals surface area (Å²) in [4.78, 5) is 10.5. The Bertz CT molecular complexity index is 2360. The number of nitriles is 3. The summed E-state index contributed by atoms with van der Waals surface area (Å²) in [5.41, 5.74) is 0.302. The average molecular weight is 478 g/mol.